The number of carbonyl (C=O) groups is 1. The van der Waals surface area contributed by atoms with Crippen molar-refractivity contribution < 1.29 is 9.72 Å². The summed E-state index contributed by atoms with van der Waals surface area (Å²) >= 11 is 5.86. The Morgan fingerprint density at radius 3 is 2.33 bits per heavy atom. The number of hydrogen-bond acceptors (Lipinski definition) is 4. The Kier molecular flexibility index (Phi) is 5.33. The van der Waals surface area contributed by atoms with E-state index >= 15 is 0 Å². The summed E-state index contributed by atoms with van der Waals surface area (Å²) in [6.45, 7) is 0.300. The second-order valence-corrected chi connectivity index (χ2v) is 6.20. The molecule has 1 heterocycles. The maximum atomic E-state index is 12.4. The van der Waals surface area contributed by atoms with Crippen LogP contribution in [0.1, 0.15) is 15.9 Å². The Morgan fingerprint density at radius 1 is 1.04 bits per heavy atom. The van der Waals surface area contributed by atoms with E-state index in [0.717, 1.165) is 5.56 Å². The fourth-order valence-electron chi connectivity index (χ4n) is 2.45. The minimum absolute atomic E-state index is 0.0653. The van der Waals surface area contributed by atoms with Crippen LogP contribution in [0.4, 0.5) is 11.4 Å². The smallest absolute Gasteiger partial charge is 0.269 e. The topological polar surface area (TPSA) is 94.2 Å². The van der Waals surface area contributed by atoms with Crippen LogP contribution in [-0.2, 0) is 6.54 Å². The van der Waals surface area contributed by atoms with E-state index in [1.54, 1.807) is 24.3 Å². The molecule has 0 atom stereocenters. The first kappa shape index (κ1) is 18.3. The van der Waals surface area contributed by atoms with Gasteiger partial charge in [0.2, 0.25) is 0 Å². The van der Waals surface area contributed by atoms with Crippen LogP contribution in [0, 0.1) is 10.1 Å². The van der Waals surface area contributed by atoms with Crippen LogP contribution in [0.5, 0.6) is 0 Å². The van der Waals surface area contributed by atoms with E-state index in [0.29, 0.717) is 22.8 Å². The molecule has 1 aromatic heterocycles. The van der Waals surface area contributed by atoms with Gasteiger partial charge in [0, 0.05) is 35.1 Å². The van der Waals surface area contributed by atoms with Crippen molar-refractivity contribution in [3.05, 3.63) is 103 Å². The van der Waals surface area contributed by atoms with Crippen molar-refractivity contribution in [1.82, 2.24) is 4.57 Å². The number of benzene rings is 2. The van der Waals surface area contributed by atoms with E-state index in [2.05, 4.69) is 5.32 Å². The lowest BCUT2D eigenvalue weighted by atomic mass is 10.2. The second kappa shape index (κ2) is 7.84. The molecule has 0 aliphatic heterocycles. The van der Waals surface area contributed by atoms with Gasteiger partial charge in [0.25, 0.3) is 17.2 Å². The standard InChI is InChI=1S/C19H14ClN3O4/c20-15-4-1-13(2-5-15)11-22-12-14(3-10-18(22)24)19(25)21-16-6-8-17(9-7-16)23(26)27/h1-10,12H,11H2,(H,21,25). The minimum Gasteiger partial charge on any atom is -0.322 e. The molecule has 0 spiro atoms. The monoisotopic (exact) mass is 383 g/mol. The summed E-state index contributed by atoms with van der Waals surface area (Å²) in [5.41, 5.74) is 1.28. The van der Waals surface area contributed by atoms with Gasteiger partial charge in [-0.3, -0.25) is 19.7 Å². The molecule has 0 aliphatic carbocycles. The SMILES string of the molecule is O=C(Nc1ccc([N+](=O)[O-])cc1)c1ccc(=O)n(Cc2ccc(Cl)cc2)c1. The second-order valence-electron chi connectivity index (χ2n) is 5.77. The molecule has 8 heteroatoms. The lowest BCUT2D eigenvalue weighted by Crippen LogP contribution is -2.22. The molecular weight excluding hydrogens is 370 g/mol. The number of nitro groups is 1. The molecule has 1 N–H and O–H groups in total. The van der Waals surface area contributed by atoms with Gasteiger partial charge in [-0.25, -0.2) is 0 Å². The van der Waals surface area contributed by atoms with E-state index in [1.807, 2.05) is 0 Å². The molecule has 0 unspecified atom stereocenters. The van der Waals surface area contributed by atoms with Crippen LogP contribution in [0.3, 0.4) is 0 Å². The first-order valence-corrected chi connectivity index (χ1v) is 8.31. The molecule has 27 heavy (non-hydrogen) atoms. The first-order chi connectivity index (χ1) is 12.9. The maximum Gasteiger partial charge on any atom is 0.269 e. The zero-order valence-electron chi connectivity index (χ0n) is 14.0. The number of nitrogens with one attached hydrogen (secondary N) is 1. The van der Waals surface area contributed by atoms with Crippen LogP contribution in [0.25, 0.3) is 0 Å². The highest BCUT2D eigenvalue weighted by atomic mass is 35.5. The average molecular weight is 384 g/mol. The largest absolute Gasteiger partial charge is 0.322 e. The van der Waals surface area contributed by atoms with E-state index in [4.69, 9.17) is 11.6 Å². The van der Waals surface area contributed by atoms with Crippen molar-refractivity contribution >= 4 is 28.9 Å². The molecule has 0 aliphatic rings. The third-order valence-corrected chi connectivity index (χ3v) is 4.10. The molecule has 0 radical (unpaired) electrons. The van der Waals surface area contributed by atoms with Crippen molar-refractivity contribution in [2.24, 2.45) is 0 Å². The number of pyridine rings is 1. The predicted molar refractivity (Wildman–Crippen MR) is 102 cm³/mol. The van der Waals surface area contributed by atoms with E-state index < -0.39 is 10.8 Å². The normalized spacial score (nSPS) is 10.4. The van der Waals surface area contributed by atoms with E-state index in [-0.39, 0.29) is 11.2 Å². The van der Waals surface area contributed by atoms with E-state index in [1.165, 1.54) is 47.2 Å². The van der Waals surface area contributed by atoms with Crippen molar-refractivity contribution in [3.8, 4) is 0 Å². The highest BCUT2D eigenvalue weighted by Gasteiger charge is 2.10. The molecule has 1 amide bonds. The Labute approximate surface area is 159 Å². The third-order valence-electron chi connectivity index (χ3n) is 3.85. The average Bonchev–Trinajstić information content (AvgIpc) is 2.65. The van der Waals surface area contributed by atoms with Crippen molar-refractivity contribution in [2.75, 3.05) is 5.32 Å². The van der Waals surface area contributed by atoms with Crippen LogP contribution < -0.4 is 10.9 Å². The van der Waals surface area contributed by atoms with Gasteiger partial charge in [0.05, 0.1) is 17.0 Å². The number of halogens is 1. The number of hydrogen-bond donors (Lipinski definition) is 1. The molecular formula is C19H14ClN3O4. The van der Waals surface area contributed by atoms with Crippen LogP contribution in [-0.4, -0.2) is 15.4 Å². The predicted octanol–water partition coefficient (Wildman–Crippen LogP) is 3.71. The number of non-ortho nitro benzene ring substituents is 1. The summed E-state index contributed by atoms with van der Waals surface area (Å²) in [5.74, 6) is -0.422. The maximum absolute atomic E-state index is 12.4. The summed E-state index contributed by atoms with van der Waals surface area (Å²) in [6, 6.07) is 15.3. The number of aromatic nitrogens is 1. The third kappa shape index (κ3) is 4.59. The zero-order chi connectivity index (χ0) is 19.4. The molecule has 0 bridgehead atoms. The number of nitro benzene ring substituents is 1. The molecule has 2 aromatic carbocycles. The van der Waals surface area contributed by atoms with Gasteiger partial charge in [-0.05, 0) is 35.9 Å². The quantitative estimate of drug-likeness (QED) is 0.536. The van der Waals surface area contributed by atoms with Crippen molar-refractivity contribution in [3.63, 3.8) is 0 Å². The van der Waals surface area contributed by atoms with Gasteiger partial charge in [0.15, 0.2) is 0 Å². The van der Waals surface area contributed by atoms with Gasteiger partial charge >= 0.3 is 0 Å². The highest BCUT2D eigenvalue weighted by Crippen LogP contribution is 2.16. The van der Waals surface area contributed by atoms with Crippen LogP contribution in [0.2, 0.25) is 5.02 Å². The Bertz CT molecular complexity index is 1040. The summed E-state index contributed by atoms with van der Waals surface area (Å²) in [4.78, 5) is 34.6. The number of carbonyl (C=O) groups excluding carboxylic acids is 1. The molecule has 3 aromatic rings. The number of amides is 1. The van der Waals surface area contributed by atoms with Gasteiger partial charge in [0.1, 0.15) is 0 Å². The summed E-state index contributed by atoms with van der Waals surface area (Å²) in [6.07, 6.45) is 1.47. The molecule has 0 saturated heterocycles. The van der Waals surface area contributed by atoms with Crippen molar-refractivity contribution in [1.29, 1.82) is 0 Å². The van der Waals surface area contributed by atoms with Crippen molar-refractivity contribution in [2.45, 2.75) is 6.54 Å². The first-order valence-electron chi connectivity index (χ1n) is 7.93. The fourth-order valence-corrected chi connectivity index (χ4v) is 2.57. The Balaban J connectivity index is 1.78. The minimum atomic E-state index is -0.516. The van der Waals surface area contributed by atoms with Crippen LogP contribution in [0.15, 0.2) is 71.7 Å². The number of anilines is 1. The molecule has 0 fully saturated rings. The van der Waals surface area contributed by atoms with Gasteiger partial charge in [-0.2, -0.15) is 0 Å². The van der Waals surface area contributed by atoms with Crippen LogP contribution >= 0.6 is 11.6 Å². The molecule has 3 rings (SSSR count). The number of nitrogens with zero attached hydrogens (tertiary/aromatic N) is 2. The molecule has 136 valence electrons. The lowest BCUT2D eigenvalue weighted by molar-refractivity contribution is -0.384. The van der Waals surface area contributed by atoms with Gasteiger partial charge in [-0.1, -0.05) is 23.7 Å². The Hall–Kier alpha value is -3.45. The lowest BCUT2D eigenvalue weighted by Gasteiger charge is -2.09. The Morgan fingerprint density at radius 2 is 1.70 bits per heavy atom. The van der Waals surface area contributed by atoms with Gasteiger partial charge in [-0.15, -0.1) is 0 Å². The molecule has 0 saturated carbocycles. The highest BCUT2D eigenvalue weighted by molar-refractivity contribution is 6.30. The van der Waals surface area contributed by atoms with E-state index in [9.17, 15) is 19.7 Å². The summed E-state index contributed by atoms with van der Waals surface area (Å²) < 4.78 is 1.42. The summed E-state index contributed by atoms with van der Waals surface area (Å²) in [7, 11) is 0. The zero-order valence-corrected chi connectivity index (χ0v) is 14.7. The van der Waals surface area contributed by atoms with Gasteiger partial charge < -0.3 is 9.88 Å². The molecule has 7 nitrogen and oxygen atoms in total. The number of rotatable bonds is 5. The summed E-state index contributed by atoms with van der Waals surface area (Å²) in [5, 5.41) is 13.9. The fraction of sp³-hybridized carbons (Fsp3) is 0.0526.